The van der Waals surface area contributed by atoms with E-state index in [-0.39, 0.29) is 16.5 Å². The first kappa shape index (κ1) is 14.4. The molecule has 0 bridgehead atoms. The predicted octanol–water partition coefficient (Wildman–Crippen LogP) is 2.52. The number of thioether (sulfide) groups is 1. The van der Waals surface area contributed by atoms with Crippen molar-refractivity contribution in [2.75, 3.05) is 27.2 Å². The summed E-state index contributed by atoms with van der Waals surface area (Å²) in [5, 5.41) is 0.233. The molecular formula is C15H22N2OS. The summed E-state index contributed by atoms with van der Waals surface area (Å²) in [6.07, 6.45) is 0. The Kier molecular flexibility index (Phi) is 4.53. The molecule has 0 aromatic heterocycles. The number of rotatable bonds is 4. The summed E-state index contributed by atoms with van der Waals surface area (Å²) >= 11 is 1.75. The quantitative estimate of drug-likeness (QED) is 0.845. The minimum Gasteiger partial charge on any atom is -0.324 e. The third-order valence-electron chi connectivity index (χ3n) is 3.40. The average molecular weight is 278 g/mol. The number of aryl methyl sites for hydroxylation is 1. The summed E-state index contributed by atoms with van der Waals surface area (Å²) < 4.78 is 0. The summed E-state index contributed by atoms with van der Waals surface area (Å²) in [6, 6.07) is 8.52. The van der Waals surface area contributed by atoms with Gasteiger partial charge in [0.05, 0.1) is 5.25 Å². The molecule has 1 fully saturated rings. The van der Waals surface area contributed by atoms with Gasteiger partial charge in [0, 0.05) is 13.1 Å². The van der Waals surface area contributed by atoms with Crippen LogP contribution in [0.3, 0.4) is 0 Å². The molecule has 1 aliphatic heterocycles. The van der Waals surface area contributed by atoms with Crippen LogP contribution in [0.4, 0.5) is 0 Å². The number of carbonyl (C=O) groups excluding carboxylic acids is 1. The normalized spacial score (nSPS) is 23.4. The van der Waals surface area contributed by atoms with E-state index in [4.69, 9.17) is 0 Å². The van der Waals surface area contributed by atoms with Gasteiger partial charge in [0.2, 0.25) is 5.91 Å². The van der Waals surface area contributed by atoms with Crippen molar-refractivity contribution in [3.05, 3.63) is 35.4 Å². The van der Waals surface area contributed by atoms with E-state index in [0.29, 0.717) is 0 Å². The predicted molar refractivity (Wildman–Crippen MR) is 81.2 cm³/mol. The van der Waals surface area contributed by atoms with Gasteiger partial charge in [-0.1, -0.05) is 29.8 Å². The first-order valence-electron chi connectivity index (χ1n) is 6.66. The molecule has 19 heavy (non-hydrogen) atoms. The third kappa shape index (κ3) is 3.31. The topological polar surface area (TPSA) is 23.6 Å². The Labute approximate surface area is 120 Å². The summed E-state index contributed by atoms with van der Waals surface area (Å²) in [4.78, 5) is 16.4. The molecule has 1 amide bonds. The van der Waals surface area contributed by atoms with Gasteiger partial charge in [-0.05, 0) is 33.5 Å². The number of likely N-dealkylation sites (N-methyl/N-ethyl adjacent to an activating group) is 1. The smallest absolute Gasteiger partial charge is 0.236 e. The number of hydrogen-bond donors (Lipinski definition) is 0. The number of nitrogens with zero attached hydrogens (tertiary/aromatic N) is 2. The van der Waals surface area contributed by atoms with Crippen LogP contribution in [-0.4, -0.2) is 48.1 Å². The van der Waals surface area contributed by atoms with Gasteiger partial charge in [-0.15, -0.1) is 11.8 Å². The molecule has 0 N–H and O–H groups in total. The maximum absolute atomic E-state index is 12.3. The molecule has 0 aliphatic carbocycles. The van der Waals surface area contributed by atoms with Gasteiger partial charge in [-0.3, -0.25) is 4.79 Å². The second-order valence-corrected chi connectivity index (χ2v) is 6.80. The van der Waals surface area contributed by atoms with Gasteiger partial charge in [-0.2, -0.15) is 0 Å². The van der Waals surface area contributed by atoms with E-state index in [9.17, 15) is 4.79 Å². The number of benzene rings is 1. The minimum absolute atomic E-state index is 0.0634. The van der Waals surface area contributed by atoms with Crippen molar-refractivity contribution in [3.8, 4) is 0 Å². The van der Waals surface area contributed by atoms with E-state index < -0.39 is 0 Å². The van der Waals surface area contributed by atoms with Gasteiger partial charge >= 0.3 is 0 Å². The molecule has 0 spiro atoms. The lowest BCUT2D eigenvalue weighted by Gasteiger charge is -2.25. The second-order valence-electron chi connectivity index (χ2n) is 5.38. The lowest BCUT2D eigenvalue weighted by Crippen LogP contribution is -2.36. The van der Waals surface area contributed by atoms with Gasteiger partial charge in [0.15, 0.2) is 0 Å². The lowest BCUT2D eigenvalue weighted by molar-refractivity contribution is -0.129. The van der Waals surface area contributed by atoms with Crippen LogP contribution in [0.25, 0.3) is 0 Å². The van der Waals surface area contributed by atoms with Crippen molar-refractivity contribution < 1.29 is 4.79 Å². The second kappa shape index (κ2) is 5.97. The molecule has 1 aliphatic rings. The molecule has 2 rings (SSSR count). The Hall–Kier alpha value is -1.00. The fourth-order valence-corrected chi connectivity index (χ4v) is 3.51. The van der Waals surface area contributed by atoms with Crippen molar-refractivity contribution in [2.24, 2.45) is 0 Å². The van der Waals surface area contributed by atoms with E-state index in [1.165, 1.54) is 11.1 Å². The zero-order valence-corrected chi connectivity index (χ0v) is 12.9. The lowest BCUT2D eigenvalue weighted by atomic mass is 10.1. The summed E-state index contributed by atoms with van der Waals surface area (Å²) in [6.45, 7) is 5.79. The van der Waals surface area contributed by atoms with Gasteiger partial charge in [-0.25, -0.2) is 0 Å². The van der Waals surface area contributed by atoms with E-state index in [1.807, 2.05) is 25.9 Å². The zero-order chi connectivity index (χ0) is 14.0. The molecule has 4 heteroatoms. The number of hydrogen-bond acceptors (Lipinski definition) is 3. The van der Waals surface area contributed by atoms with Crippen LogP contribution in [0, 0.1) is 6.92 Å². The van der Waals surface area contributed by atoms with Gasteiger partial charge < -0.3 is 9.80 Å². The fraction of sp³-hybridized carbons (Fsp3) is 0.533. The fourth-order valence-electron chi connectivity index (χ4n) is 2.20. The SMILES string of the molecule is Cc1ccc([C@@H]2S[C@H](C)C(=O)N2CCN(C)C)cc1. The van der Waals surface area contributed by atoms with E-state index in [2.05, 4.69) is 36.1 Å². The van der Waals surface area contributed by atoms with Crippen LogP contribution in [0.5, 0.6) is 0 Å². The highest BCUT2D eigenvalue weighted by Gasteiger charge is 2.37. The molecule has 0 saturated carbocycles. The Balaban J connectivity index is 2.17. The van der Waals surface area contributed by atoms with Crippen LogP contribution in [-0.2, 0) is 4.79 Å². The third-order valence-corrected chi connectivity index (χ3v) is 4.79. The molecular weight excluding hydrogens is 256 g/mol. The summed E-state index contributed by atoms with van der Waals surface area (Å²) in [5.74, 6) is 0.262. The highest BCUT2D eigenvalue weighted by molar-refractivity contribution is 8.01. The Morgan fingerprint density at radius 2 is 1.89 bits per heavy atom. The highest BCUT2D eigenvalue weighted by atomic mass is 32.2. The van der Waals surface area contributed by atoms with E-state index >= 15 is 0 Å². The molecule has 104 valence electrons. The van der Waals surface area contributed by atoms with E-state index in [0.717, 1.165) is 13.1 Å². The van der Waals surface area contributed by atoms with Crippen LogP contribution in [0.2, 0.25) is 0 Å². The van der Waals surface area contributed by atoms with Gasteiger partial charge in [0.25, 0.3) is 0 Å². The largest absolute Gasteiger partial charge is 0.324 e. The standard InChI is InChI=1S/C15H22N2OS/c1-11-5-7-13(8-6-11)15-17(10-9-16(3)4)14(18)12(2)19-15/h5-8,12,15H,9-10H2,1-4H3/t12-,15+/m1/s1. The van der Waals surface area contributed by atoms with Crippen LogP contribution < -0.4 is 0 Å². The first-order chi connectivity index (χ1) is 8.99. The molecule has 1 aromatic carbocycles. The summed E-state index contributed by atoms with van der Waals surface area (Å²) in [7, 11) is 4.08. The Bertz CT molecular complexity index is 444. The number of carbonyl (C=O) groups is 1. The molecule has 1 heterocycles. The van der Waals surface area contributed by atoms with Gasteiger partial charge in [0.1, 0.15) is 5.37 Å². The minimum atomic E-state index is 0.0634. The Morgan fingerprint density at radius 3 is 2.47 bits per heavy atom. The van der Waals surface area contributed by atoms with Crippen LogP contribution in [0.15, 0.2) is 24.3 Å². The summed E-state index contributed by atoms with van der Waals surface area (Å²) in [5.41, 5.74) is 2.48. The van der Waals surface area contributed by atoms with Crippen molar-refractivity contribution in [1.82, 2.24) is 9.80 Å². The van der Waals surface area contributed by atoms with Crippen molar-refractivity contribution in [2.45, 2.75) is 24.5 Å². The average Bonchev–Trinajstić information content (AvgIpc) is 2.64. The first-order valence-corrected chi connectivity index (χ1v) is 7.60. The molecule has 0 radical (unpaired) electrons. The maximum Gasteiger partial charge on any atom is 0.236 e. The number of amides is 1. The Morgan fingerprint density at radius 1 is 1.26 bits per heavy atom. The van der Waals surface area contributed by atoms with Crippen LogP contribution >= 0.6 is 11.8 Å². The zero-order valence-electron chi connectivity index (χ0n) is 12.1. The molecule has 0 unspecified atom stereocenters. The monoisotopic (exact) mass is 278 g/mol. The molecule has 3 nitrogen and oxygen atoms in total. The molecule has 1 saturated heterocycles. The molecule has 1 aromatic rings. The molecule has 2 atom stereocenters. The van der Waals surface area contributed by atoms with Crippen LogP contribution in [0.1, 0.15) is 23.4 Å². The highest BCUT2D eigenvalue weighted by Crippen LogP contribution is 2.42. The van der Waals surface area contributed by atoms with Crippen molar-refractivity contribution >= 4 is 17.7 Å². The van der Waals surface area contributed by atoms with Crippen molar-refractivity contribution in [1.29, 1.82) is 0 Å². The van der Waals surface area contributed by atoms with Crippen molar-refractivity contribution in [3.63, 3.8) is 0 Å². The maximum atomic E-state index is 12.3. The van der Waals surface area contributed by atoms with E-state index in [1.54, 1.807) is 11.8 Å².